The Bertz CT molecular complexity index is 566. The third kappa shape index (κ3) is 3.23. The highest BCUT2D eigenvalue weighted by molar-refractivity contribution is 9.10. The Morgan fingerprint density at radius 3 is 2.65 bits per heavy atom. The third-order valence-electron chi connectivity index (χ3n) is 3.14. The number of rotatable bonds is 1. The van der Waals surface area contributed by atoms with Crippen LogP contribution < -0.4 is 0 Å². The van der Waals surface area contributed by atoms with Crippen molar-refractivity contribution >= 4 is 21.8 Å². The Morgan fingerprint density at radius 1 is 1.35 bits per heavy atom. The molecular weight excluding hydrogens is 335 g/mol. The number of benzene rings is 1. The highest BCUT2D eigenvalue weighted by Gasteiger charge is 2.32. The molecule has 0 saturated carbocycles. The summed E-state index contributed by atoms with van der Waals surface area (Å²) in [6, 6.07) is 3.13. The summed E-state index contributed by atoms with van der Waals surface area (Å²) in [5, 5.41) is 0. The predicted molar refractivity (Wildman–Crippen MR) is 73.4 cm³/mol. The number of amides is 1. The van der Waals surface area contributed by atoms with E-state index in [0.29, 0.717) is 17.6 Å². The van der Waals surface area contributed by atoms with Gasteiger partial charge in [-0.2, -0.15) is 13.2 Å². The zero-order valence-corrected chi connectivity index (χ0v) is 12.4. The lowest BCUT2D eigenvalue weighted by molar-refractivity contribution is -0.137. The molecule has 0 radical (unpaired) electrons. The van der Waals surface area contributed by atoms with Gasteiger partial charge in [-0.15, -0.1) is 0 Å². The van der Waals surface area contributed by atoms with E-state index in [0.717, 1.165) is 24.1 Å². The molecule has 0 aliphatic carbocycles. The summed E-state index contributed by atoms with van der Waals surface area (Å²) in [6.45, 7) is 2.89. The van der Waals surface area contributed by atoms with Crippen LogP contribution in [0.4, 0.5) is 13.2 Å². The molecule has 1 amide bonds. The van der Waals surface area contributed by atoms with Gasteiger partial charge in [-0.25, -0.2) is 0 Å². The van der Waals surface area contributed by atoms with Crippen molar-refractivity contribution < 1.29 is 18.0 Å². The minimum absolute atomic E-state index is 0.0505. The Morgan fingerprint density at radius 2 is 2.05 bits per heavy atom. The second kappa shape index (κ2) is 5.60. The van der Waals surface area contributed by atoms with E-state index in [-0.39, 0.29) is 11.5 Å². The standard InChI is InChI=1S/C14H13BrF3NO/c1-9-3-2-6-19(8-9)13(20)11-7-10(14(16,17)18)4-5-12(11)15/h3-5,7H,2,6,8H2,1H3. The molecule has 1 heterocycles. The van der Waals surface area contributed by atoms with E-state index in [4.69, 9.17) is 0 Å². The Labute approximate surface area is 123 Å². The maximum atomic E-state index is 12.7. The van der Waals surface area contributed by atoms with Crippen molar-refractivity contribution in [2.75, 3.05) is 13.1 Å². The fourth-order valence-corrected chi connectivity index (χ4v) is 2.54. The first-order chi connectivity index (χ1) is 9.29. The van der Waals surface area contributed by atoms with Gasteiger partial charge in [-0.3, -0.25) is 4.79 Å². The summed E-state index contributed by atoms with van der Waals surface area (Å²) in [6.07, 6.45) is -1.69. The first kappa shape index (κ1) is 15.1. The molecule has 0 N–H and O–H groups in total. The molecule has 2 nitrogen and oxygen atoms in total. The van der Waals surface area contributed by atoms with Gasteiger partial charge in [-0.05, 0) is 47.5 Å². The first-order valence-electron chi connectivity index (χ1n) is 6.10. The van der Waals surface area contributed by atoms with Crippen LogP contribution in [0, 0.1) is 0 Å². The molecule has 0 aromatic heterocycles. The number of alkyl halides is 3. The third-order valence-corrected chi connectivity index (χ3v) is 3.83. The van der Waals surface area contributed by atoms with Crippen molar-refractivity contribution in [1.29, 1.82) is 0 Å². The van der Waals surface area contributed by atoms with E-state index < -0.39 is 11.7 Å². The topological polar surface area (TPSA) is 20.3 Å². The summed E-state index contributed by atoms with van der Waals surface area (Å²) in [7, 11) is 0. The molecule has 108 valence electrons. The number of carbonyl (C=O) groups is 1. The predicted octanol–water partition coefficient (Wildman–Crippen LogP) is 4.26. The zero-order chi connectivity index (χ0) is 14.9. The van der Waals surface area contributed by atoms with Crippen LogP contribution in [-0.2, 0) is 6.18 Å². The molecule has 6 heteroatoms. The summed E-state index contributed by atoms with van der Waals surface area (Å²) in [4.78, 5) is 13.9. The summed E-state index contributed by atoms with van der Waals surface area (Å²) in [5.41, 5.74) is 0.288. The highest BCUT2D eigenvalue weighted by Crippen LogP contribution is 2.32. The molecule has 0 unspecified atom stereocenters. The van der Waals surface area contributed by atoms with Crippen molar-refractivity contribution in [3.63, 3.8) is 0 Å². The average molecular weight is 348 g/mol. The summed E-state index contributed by atoms with van der Waals surface area (Å²) < 4.78 is 38.5. The number of hydrogen-bond donors (Lipinski definition) is 0. The molecule has 0 atom stereocenters. The lowest BCUT2D eigenvalue weighted by Gasteiger charge is -2.27. The van der Waals surface area contributed by atoms with Gasteiger partial charge in [0.1, 0.15) is 0 Å². The molecule has 20 heavy (non-hydrogen) atoms. The maximum Gasteiger partial charge on any atom is 0.416 e. The van der Waals surface area contributed by atoms with E-state index in [1.54, 1.807) is 4.90 Å². The van der Waals surface area contributed by atoms with Gasteiger partial charge in [0.15, 0.2) is 0 Å². The monoisotopic (exact) mass is 347 g/mol. The van der Waals surface area contributed by atoms with Gasteiger partial charge >= 0.3 is 6.18 Å². The van der Waals surface area contributed by atoms with E-state index in [2.05, 4.69) is 15.9 Å². The normalized spacial score (nSPS) is 16.1. The molecule has 1 aliphatic rings. The number of halogens is 4. The minimum Gasteiger partial charge on any atom is -0.334 e. The number of carbonyl (C=O) groups excluding carboxylic acids is 1. The van der Waals surface area contributed by atoms with Crippen molar-refractivity contribution in [1.82, 2.24) is 4.90 Å². The lowest BCUT2D eigenvalue weighted by atomic mass is 10.1. The first-order valence-corrected chi connectivity index (χ1v) is 6.90. The second-order valence-corrected chi connectivity index (χ2v) is 5.61. The van der Waals surface area contributed by atoms with Crippen molar-refractivity contribution in [3.8, 4) is 0 Å². The van der Waals surface area contributed by atoms with Crippen molar-refractivity contribution in [2.45, 2.75) is 19.5 Å². The van der Waals surface area contributed by atoms with Crippen LogP contribution in [0.1, 0.15) is 29.3 Å². The quantitative estimate of drug-likeness (QED) is 0.695. The van der Waals surface area contributed by atoms with Gasteiger partial charge in [0.05, 0.1) is 11.1 Å². The summed E-state index contributed by atoms with van der Waals surface area (Å²) >= 11 is 3.15. The summed E-state index contributed by atoms with van der Waals surface area (Å²) in [5.74, 6) is -0.379. The highest BCUT2D eigenvalue weighted by atomic mass is 79.9. The van der Waals surface area contributed by atoms with Crippen LogP contribution >= 0.6 is 15.9 Å². The molecule has 0 saturated heterocycles. The molecule has 1 aliphatic heterocycles. The van der Waals surface area contributed by atoms with Crippen molar-refractivity contribution in [3.05, 3.63) is 45.4 Å². The average Bonchev–Trinajstić information content (AvgIpc) is 2.37. The smallest absolute Gasteiger partial charge is 0.334 e. The van der Waals surface area contributed by atoms with E-state index in [9.17, 15) is 18.0 Å². The number of hydrogen-bond acceptors (Lipinski definition) is 1. The van der Waals surface area contributed by atoms with E-state index in [1.165, 1.54) is 6.07 Å². The van der Waals surface area contributed by atoms with Crippen LogP contribution in [0.15, 0.2) is 34.3 Å². The Hall–Kier alpha value is -1.30. The fraction of sp³-hybridized carbons (Fsp3) is 0.357. The van der Waals surface area contributed by atoms with Gasteiger partial charge in [0, 0.05) is 17.6 Å². The maximum absolute atomic E-state index is 12.7. The van der Waals surface area contributed by atoms with Crippen LogP contribution in [0.3, 0.4) is 0 Å². The Kier molecular flexibility index (Phi) is 4.22. The van der Waals surface area contributed by atoms with E-state index in [1.807, 2.05) is 13.0 Å². The van der Waals surface area contributed by atoms with Gasteiger partial charge in [0.2, 0.25) is 0 Å². The molecule has 0 spiro atoms. The number of nitrogens with zero attached hydrogens (tertiary/aromatic N) is 1. The minimum atomic E-state index is -4.45. The van der Waals surface area contributed by atoms with Crippen LogP contribution in [0.2, 0.25) is 0 Å². The van der Waals surface area contributed by atoms with Gasteiger partial charge < -0.3 is 4.90 Å². The fourth-order valence-electron chi connectivity index (χ4n) is 2.12. The van der Waals surface area contributed by atoms with Crippen molar-refractivity contribution in [2.24, 2.45) is 0 Å². The molecule has 0 fully saturated rings. The van der Waals surface area contributed by atoms with Crippen LogP contribution in [0.25, 0.3) is 0 Å². The second-order valence-electron chi connectivity index (χ2n) is 4.76. The van der Waals surface area contributed by atoms with Crippen LogP contribution in [0.5, 0.6) is 0 Å². The SMILES string of the molecule is CC1=CCCN(C(=O)c2cc(C(F)(F)F)ccc2Br)C1. The van der Waals surface area contributed by atoms with Crippen LogP contribution in [-0.4, -0.2) is 23.9 Å². The Balaban J connectivity index is 2.32. The largest absolute Gasteiger partial charge is 0.416 e. The molecule has 1 aromatic rings. The molecule has 2 rings (SSSR count). The molecule has 1 aromatic carbocycles. The van der Waals surface area contributed by atoms with Gasteiger partial charge in [-0.1, -0.05) is 11.6 Å². The lowest BCUT2D eigenvalue weighted by Crippen LogP contribution is -2.35. The molecular formula is C14H13BrF3NO. The molecule has 0 bridgehead atoms. The zero-order valence-electron chi connectivity index (χ0n) is 10.8. The van der Waals surface area contributed by atoms with Gasteiger partial charge in [0.25, 0.3) is 5.91 Å². The van der Waals surface area contributed by atoms with E-state index >= 15 is 0 Å².